The Morgan fingerprint density at radius 2 is 1.97 bits per heavy atom. The molecule has 156 valence electrons. The summed E-state index contributed by atoms with van der Waals surface area (Å²) in [5, 5.41) is 9.31. The van der Waals surface area contributed by atoms with E-state index in [0.29, 0.717) is 25.4 Å². The van der Waals surface area contributed by atoms with E-state index in [1.165, 1.54) is 12.8 Å². The highest BCUT2D eigenvalue weighted by atomic mass is 16.2. The van der Waals surface area contributed by atoms with Crippen molar-refractivity contribution in [3.8, 4) is 0 Å². The van der Waals surface area contributed by atoms with Crippen LogP contribution in [0.3, 0.4) is 0 Å². The van der Waals surface area contributed by atoms with Gasteiger partial charge in [0, 0.05) is 25.1 Å². The average molecular weight is 399 g/mol. The van der Waals surface area contributed by atoms with Crippen LogP contribution < -0.4 is 16.0 Å². The molecular formula is C22H30N4O3. The Kier molecular flexibility index (Phi) is 5.96. The van der Waals surface area contributed by atoms with Crippen LogP contribution in [0.4, 0.5) is 0 Å². The number of benzene rings is 1. The number of nitrogens with one attached hydrogen (secondary N) is 3. The second-order valence-corrected chi connectivity index (χ2v) is 8.55. The van der Waals surface area contributed by atoms with E-state index in [9.17, 15) is 14.4 Å². The lowest BCUT2D eigenvalue weighted by Crippen LogP contribution is -2.52. The van der Waals surface area contributed by atoms with E-state index in [4.69, 9.17) is 0 Å². The van der Waals surface area contributed by atoms with E-state index in [1.54, 1.807) is 4.90 Å². The molecule has 2 unspecified atom stereocenters. The van der Waals surface area contributed by atoms with Gasteiger partial charge in [-0.1, -0.05) is 25.1 Å². The molecule has 0 radical (unpaired) electrons. The summed E-state index contributed by atoms with van der Waals surface area (Å²) in [6.07, 6.45) is 3.12. The van der Waals surface area contributed by atoms with E-state index in [2.05, 4.69) is 22.9 Å². The summed E-state index contributed by atoms with van der Waals surface area (Å²) in [5.74, 6) is 0.624. The predicted octanol–water partition coefficient (Wildman–Crippen LogP) is 1.17. The summed E-state index contributed by atoms with van der Waals surface area (Å²) in [5.41, 5.74) is 2.67. The Hall–Kier alpha value is -2.25. The molecule has 2 fully saturated rings. The molecule has 3 aliphatic rings. The summed E-state index contributed by atoms with van der Waals surface area (Å²) in [6, 6.07) is 5.37. The number of carbonyl (C=O) groups excluding carboxylic acids is 3. The van der Waals surface area contributed by atoms with Crippen LogP contribution >= 0.6 is 0 Å². The van der Waals surface area contributed by atoms with Gasteiger partial charge in [0.15, 0.2) is 0 Å². The van der Waals surface area contributed by atoms with Gasteiger partial charge >= 0.3 is 0 Å². The molecule has 0 aliphatic carbocycles. The molecule has 2 saturated heterocycles. The predicted molar refractivity (Wildman–Crippen MR) is 109 cm³/mol. The average Bonchev–Trinajstić information content (AvgIpc) is 3.06. The van der Waals surface area contributed by atoms with Crippen molar-refractivity contribution < 1.29 is 14.4 Å². The lowest BCUT2D eigenvalue weighted by atomic mass is 9.86. The Bertz CT molecular complexity index is 803. The van der Waals surface area contributed by atoms with Gasteiger partial charge in [-0.25, -0.2) is 0 Å². The van der Waals surface area contributed by atoms with Crippen molar-refractivity contribution >= 4 is 17.7 Å². The Labute approximate surface area is 171 Å². The third kappa shape index (κ3) is 4.21. The quantitative estimate of drug-likeness (QED) is 0.626. The van der Waals surface area contributed by atoms with Gasteiger partial charge in [-0.15, -0.1) is 0 Å². The van der Waals surface area contributed by atoms with Crippen LogP contribution in [0.1, 0.15) is 54.1 Å². The zero-order valence-corrected chi connectivity index (χ0v) is 17.0. The zero-order valence-electron chi connectivity index (χ0n) is 17.0. The summed E-state index contributed by atoms with van der Waals surface area (Å²) in [4.78, 5) is 38.4. The minimum absolute atomic E-state index is 0.0988. The number of hydrogen-bond donors (Lipinski definition) is 3. The summed E-state index contributed by atoms with van der Waals surface area (Å²) < 4.78 is 0. The zero-order chi connectivity index (χ0) is 20.4. The molecule has 3 amide bonds. The molecule has 7 heteroatoms. The molecule has 7 nitrogen and oxygen atoms in total. The fourth-order valence-corrected chi connectivity index (χ4v) is 4.85. The van der Waals surface area contributed by atoms with E-state index in [0.717, 1.165) is 42.2 Å². The maximum absolute atomic E-state index is 13.1. The maximum atomic E-state index is 13.1. The van der Waals surface area contributed by atoms with Gasteiger partial charge in [0.05, 0.1) is 0 Å². The van der Waals surface area contributed by atoms with Gasteiger partial charge in [0.25, 0.3) is 5.91 Å². The van der Waals surface area contributed by atoms with E-state index in [1.807, 2.05) is 18.2 Å². The molecule has 0 bridgehead atoms. The lowest BCUT2D eigenvalue weighted by molar-refractivity contribution is -0.136. The molecule has 1 aromatic carbocycles. The van der Waals surface area contributed by atoms with Gasteiger partial charge in [-0.2, -0.15) is 0 Å². The van der Waals surface area contributed by atoms with Crippen molar-refractivity contribution in [3.63, 3.8) is 0 Å². The molecule has 29 heavy (non-hydrogen) atoms. The number of rotatable bonds is 6. The van der Waals surface area contributed by atoms with E-state index in [-0.39, 0.29) is 24.1 Å². The third-order valence-electron chi connectivity index (χ3n) is 6.61. The topological polar surface area (TPSA) is 90.5 Å². The number of imide groups is 1. The van der Waals surface area contributed by atoms with Gasteiger partial charge in [0.1, 0.15) is 6.04 Å². The van der Waals surface area contributed by atoms with E-state index < -0.39 is 6.04 Å². The fourth-order valence-electron chi connectivity index (χ4n) is 4.85. The molecule has 1 aromatic rings. The van der Waals surface area contributed by atoms with Crippen LogP contribution in [-0.4, -0.2) is 48.3 Å². The highest BCUT2D eigenvalue weighted by Crippen LogP contribution is 2.30. The van der Waals surface area contributed by atoms with Crippen LogP contribution in [0.25, 0.3) is 0 Å². The monoisotopic (exact) mass is 398 g/mol. The van der Waals surface area contributed by atoms with Crippen molar-refractivity contribution in [1.82, 2.24) is 20.9 Å². The van der Waals surface area contributed by atoms with Gasteiger partial charge in [-0.3, -0.25) is 19.7 Å². The number of amides is 3. The molecule has 3 aliphatic heterocycles. The first kappa shape index (κ1) is 20.0. The molecule has 0 aromatic heterocycles. The number of nitrogens with zero attached hydrogens (tertiary/aromatic N) is 1. The van der Waals surface area contributed by atoms with Gasteiger partial charge in [0.2, 0.25) is 11.8 Å². The lowest BCUT2D eigenvalue weighted by Gasteiger charge is -2.29. The SMILES string of the molecule is CC(CNCc1cccc2c1C(=O)N(C1CCC(=O)NC1=O)C2)C1CCNCC1. The normalized spacial score (nSPS) is 23.8. The number of fused-ring (bicyclic) bond motifs is 1. The Balaban J connectivity index is 1.39. The highest BCUT2D eigenvalue weighted by molar-refractivity contribution is 6.05. The second kappa shape index (κ2) is 8.63. The highest BCUT2D eigenvalue weighted by Gasteiger charge is 2.39. The molecule has 3 N–H and O–H groups in total. The first-order chi connectivity index (χ1) is 14.0. The van der Waals surface area contributed by atoms with Crippen LogP contribution in [0.15, 0.2) is 18.2 Å². The van der Waals surface area contributed by atoms with Gasteiger partial charge in [-0.05, 0) is 61.9 Å². The van der Waals surface area contributed by atoms with Crippen LogP contribution in [-0.2, 0) is 22.7 Å². The standard InChI is InChI=1S/C22H30N4O3/c1-14(15-7-9-23-10-8-15)11-24-12-16-3-2-4-17-13-26(22(29)20(16)17)18-5-6-19(27)25-21(18)28/h2-4,14-15,18,23-24H,5-13H2,1H3,(H,25,27,28). The molecule has 4 rings (SSSR count). The first-order valence-corrected chi connectivity index (χ1v) is 10.7. The first-order valence-electron chi connectivity index (χ1n) is 10.7. The number of piperidine rings is 2. The smallest absolute Gasteiger partial charge is 0.255 e. The molecule has 2 atom stereocenters. The Morgan fingerprint density at radius 1 is 1.17 bits per heavy atom. The van der Waals surface area contributed by atoms with Crippen LogP contribution in [0.2, 0.25) is 0 Å². The van der Waals surface area contributed by atoms with Crippen LogP contribution in [0.5, 0.6) is 0 Å². The molecular weight excluding hydrogens is 368 g/mol. The summed E-state index contributed by atoms with van der Waals surface area (Å²) in [7, 11) is 0. The molecule has 0 saturated carbocycles. The van der Waals surface area contributed by atoms with Crippen molar-refractivity contribution in [1.29, 1.82) is 0 Å². The van der Waals surface area contributed by atoms with E-state index >= 15 is 0 Å². The van der Waals surface area contributed by atoms with Crippen molar-refractivity contribution in [3.05, 3.63) is 34.9 Å². The Morgan fingerprint density at radius 3 is 2.72 bits per heavy atom. The number of carbonyl (C=O) groups is 3. The minimum atomic E-state index is -0.562. The maximum Gasteiger partial charge on any atom is 0.255 e. The second-order valence-electron chi connectivity index (χ2n) is 8.55. The van der Waals surface area contributed by atoms with Crippen LogP contribution in [0, 0.1) is 11.8 Å². The van der Waals surface area contributed by atoms with Crippen molar-refractivity contribution in [2.45, 2.75) is 51.7 Å². The minimum Gasteiger partial charge on any atom is -0.322 e. The number of hydrogen-bond acceptors (Lipinski definition) is 5. The fraction of sp³-hybridized carbons (Fsp3) is 0.591. The molecule has 3 heterocycles. The molecule has 0 spiro atoms. The van der Waals surface area contributed by atoms with Gasteiger partial charge < -0.3 is 15.5 Å². The summed E-state index contributed by atoms with van der Waals surface area (Å²) >= 11 is 0. The third-order valence-corrected chi connectivity index (χ3v) is 6.61. The largest absolute Gasteiger partial charge is 0.322 e. The van der Waals surface area contributed by atoms with Crippen molar-refractivity contribution in [2.24, 2.45) is 11.8 Å². The van der Waals surface area contributed by atoms with Crippen molar-refractivity contribution in [2.75, 3.05) is 19.6 Å². The summed E-state index contributed by atoms with van der Waals surface area (Å²) in [6.45, 7) is 6.51.